The SMILES string of the molecule is CN1CCC(N(C)CC2CNC2)C1. The molecular weight excluding hydrogens is 162 g/mol. The van der Waals surface area contributed by atoms with Crippen LogP contribution < -0.4 is 5.32 Å². The van der Waals surface area contributed by atoms with Gasteiger partial charge >= 0.3 is 0 Å². The number of likely N-dealkylation sites (N-methyl/N-ethyl adjacent to an activating group) is 2. The van der Waals surface area contributed by atoms with E-state index < -0.39 is 0 Å². The van der Waals surface area contributed by atoms with E-state index in [9.17, 15) is 0 Å². The third-order valence-corrected chi connectivity index (χ3v) is 3.40. The zero-order valence-corrected chi connectivity index (χ0v) is 8.79. The van der Waals surface area contributed by atoms with Gasteiger partial charge < -0.3 is 15.1 Å². The highest BCUT2D eigenvalue weighted by Crippen LogP contribution is 2.15. The lowest BCUT2D eigenvalue weighted by Crippen LogP contribution is -2.49. The van der Waals surface area contributed by atoms with Crippen molar-refractivity contribution in [2.75, 3.05) is 46.8 Å². The molecule has 0 aromatic heterocycles. The Morgan fingerprint density at radius 3 is 2.69 bits per heavy atom. The van der Waals surface area contributed by atoms with Crippen LogP contribution in [0.25, 0.3) is 0 Å². The minimum absolute atomic E-state index is 0.811. The molecule has 0 spiro atoms. The molecule has 2 aliphatic rings. The summed E-state index contributed by atoms with van der Waals surface area (Å²) in [7, 11) is 4.50. The van der Waals surface area contributed by atoms with E-state index in [0.717, 1.165) is 12.0 Å². The maximum absolute atomic E-state index is 3.33. The highest BCUT2D eigenvalue weighted by Gasteiger charge is 2.26. The third kappa shape index (κ3) is 2.22. The highest BCUT2D eigenvalue weighted by molar-refractivity contribution is 4.84. The summed E-state index contributed by atoms with van der Waals surface area (Å²) in [5.74, 6) is 0.913. The molecule has 2 fully saturated rings. The Hall–Kier alpha value is -0.120. The van der Waals surface area contributed by atoms with Gasteiger partial charge in [0.15, 0.2) is 0 Å². The number of nitrogens with zero attached hydrogens (tertiary/aromatic N) is 2. The van der Waals surface area contributed by atoms with Gasteiger partial charge in [-0.15, -0.1) is 0 Å². The Labute approximate surface area is 81.1 Å². The van der Waals surface area contributed by atoms with E-state index in [1.165, 1.54) is 39.1 Å². The lowest BCUT2D eigenvalue weighted by atomic mass is 10.0. The van der Waals surface area contributed by atoms with Crippen LogP contribution in [-0.4, -0.2) is 62.7 Å². The van der Waals surface area contributed by atoms with Crippen molar-refractivity contribution < 1.29 is 0 Å². The largest absolute Gasteiger partial charge is 0.316 e. The van der Waals surface area contributed by atoms with Crippen LogP contribution >= 0.6 is 0 Å². The monoisotopic (exact) mass is 183 g/mol. The zero-order valence-electron chi connectivity index (χ0n) is 8.79. The minimum Gasteiger partial charge on any atom is -0.316 e. The van der Waals surface area contributed by atoms with Crippen LogP contribution in [0.1, 0.15) is 6.42 Å². The van der Waals surface area contributed by atoms with E-state index in [1.54, 1.807) is 0 Å². The molecule has 76 valence electrons. The van der Waals surface area contributed by atoms with E-state index in [2.05, 4.69) is 29.2 Å². The molecule has 2 rings (SSSR count). The Balaban J connectivity index is 1.72. The topological polar surface area (TPSA) is 18.5 Å². The van der Waals surface area contributed by atoms with Crippen LogP contribution in [0.5, 0.6) is 0 Å². The number of likely N-dealkylation sites (tertiary alicyclic amines) is 1. The summed E-state index contributed by atoms with van der Waals surface area (Å²) in [6.07, 6.45) is 1.35. The second kappa shape index (κ2) is 3.95. The summed E-state index contributed by atoms with van der Waals surface area (Å²) in [6, 6.07) is 0.811. The van der Waals surface area contributed by atoms with Gasteiger partial charge in [-0.2, -0.15) is 0 Å². The molecule has 0 aliphatic carbocycles. The van der Waals surface area contributed by atoms with E-state index in [1.807, 2.05) is 0 Å². The first-order valence-electron chi connectivity index (χ1n) is 5.35. The molecule has 0 aromatic rings. The Morgan fingerprint density at radius 2 is 2.23 bits per heavy atom. The summed E-state index contributed by atoms with van der Waals surface area (Å²) in [4.78, 5) is 4.98. The zero-order chi connectivity index (χ0) is 9.26. The maximum Gasteiger partial charge on any atom is 0.0232 e. The number of rotatable bonds is 3. The van der Waals surface area contributed by atoms with Crippen molar-refractivity contribution in [3.8, 4) is 0 Å². The second-order valence-corrected chi connectivity index (χ2v) is 4.67. The summed E-state index contributed by atoms with van der Waals surface area (Å²) in [5, 5.41) is 3.33. The van der Waals surface area contributed by atoms with Gasteiger partial charge in [-0.05, 0) is 33.0 Å². The van der Waals surface area contributed by atoms with E-state index in [0.29, 0.717) is 0 Å². The molecule has 1 atom stereocenters. The molecule has 0 aromatic carbocycles. The van der Waals surface area contributed by atoms with Crippen molar-refractivity contribution >= 4 is 0 Å². The first kappa shape index (κ1) is 9.44. The van der Waals surface area contributed by atoms with Gasteiger partial charge in [0.2, 0.25) is 0 Å². The molecule has 0 amide bonds. The van der Waals surface area contributed by atoms with Gasteiger partial charge in [-0.3, -0.25) is 0 Å². The third-order valence-electron chi connectivity index (χ3n) is 3.40. The van der Waals surface area contributed by atoms with Gasteiger partial charge in [-0.1, -0.05) is 0 Å². The maximum atomic E-state index is 3.33. The van der Waals surface area contributed by atoms with Crippen LogP contribution in [0, 0.1) is 5.92 Å². The van der Waals surface area contributed by atoms with Crippen LogP contribution in [0.15, 0.2) is 0 Å². The lowest BCUT2D eigenvalue weighted by molar-refractivity contribution is 0.176. The van der Waals surface area contributed by atoms with Crippen molar-refractivity contribution in [2.24, 2.45) is 5.92 Å². The molecule has 2 heterocycles. The molecule has 13 heavy (non-hydrogen) atoms. The summed E-state index contributed by atoms with van der Waals surface area (Å²) >= 11 is 0. The van der Waals surface area contributed by atoms with E-state index in [-0.39, 0.29) is 0 Å². The molecular formula is C10H21N3. The summed E-state index contributed by atoms with van der Waals surface area (Å²) < 4.78 is 0. The molecule has 2 aliphatic heterocycles. The van der Waals surface area contributed by atoms with E-state index in [4.69, 9.17) is 0 Å². The van der Waals surface area contributed by atoms with Gasteiger partial charge in [-0.25, -0.2) is 0 Å². The smallest absolute Gasteiger partial charge is 0.0232 e. The number of hydrogen-bond donors (Lipinski definition) is 1. The average molecular weight is 183 g/mol. The second-order valence-electron chi connectivity index (χ2n) is 4.67. The fourth-order valence-corrected chi connectivity index (χ4v) is 2.31. The molecule has 0 bridgehead atoms. The summed E-state index contributed by atoms with van der Waals surface area (Å²) in [6.45, 7) is 6.28. The van der Waals surface area contributed by atoms with E-state index >= 15 is 0 Å². The fourth-order valence-electron chi connectivity index (χ4n) is 2.31. The number of hydrogen-bond acceptors (Lipinski definition) is 3. The quantitative estimate of drug-likeness (QED) is 0.656. The van der Waals surface area contributed by atoms with Crippen LogP contribution in [-0.2, 0) is 0 Å². The fraction of sp³-hybridized carbons (Fsp3) is 1.00. The van der Waals surface area contributed by atoms with Crippen molar-refractivity contribution in [3.63, 3.8) is 0 Å². The Kier molecular flexibility index (Phi) is 2.86. The predicted molar refractivity (Wildman–Crippen MR) is 54.9 cm³/mol. The van der Waals surface area contributed by atoms with Crippen molar-refractivity contribution in [1.29, 1.82) is 0 Å². The molecule has 0 saturated carbocycles. The van der Waals surface area contributed by atoms with Gasteiger partial charge in [0.1, 0.15) is 0 Å². The normalized spacial score (nSPS) is 31.2. The minimum atomic E-state index is 0.811. The van der Waals surface area contributed by atoms with Crippen LogP contribution in [0.2, 0.25) is 0 Å². The lowest BCUT2D eigenvalue weighted by Gasteiger charge is -2.34. The van der Waals surface area contributed by atoms with Crippen LogP contribution in [0.4, 0.5) is 0 Å². The molecule has 2 saturated heterocycles. The molecule has 1 unspecified atom stereocenters. The Morgan fingerprint density at radius 1 is 1.46 bits per heavy atom. The summed E-state index contributed by atoms with van der Waals surface area (Å²) in [5.41, 5.74) is 0. The Bertz CT molecular complexity index is 168. The first-order chi connectivity index (χ1) is 6.25. The molecule has 1 N–H and O–H groups in total. The number of nitrogens with one attached hydrogen (secondary N) is 1. The van der Waals surface area contributed by atoms with Crippen molar-refractivity contribution in [1.82, 2.24) is 15.1 Å². The highest BCUT2D eigenvalue weighted by atomic mass is 15.2. The molecule has 3 nitrogen and oxygen atoms in total. The van der Waals surface area contributed by atoms with Crippen LogP contribution in [0.3, 0.4) is 0 Å². The predicted octanol–water partition coefficient (Wildman–Crippen LogP) is -0.158. The van der Waals surface area contributed by atoms with Gasteiger partial charge in [0, 0.05) is 32.2 Å². The first-order valence-corrected chi connectivity index (χ1v) is 5.35. The van der Waals surface area contributed by atoms with Gasteiger partial charge in [0.05, 0.1) is 0 Å². The molecule has 3 heteroatoms. The van der Waals surface area contributed by atoms with Gasteiger partial charge in [0.25, 0.3) is 0 Å². The average Bonchev–Trinajstić information content (AvgIpc) is 2.44. The molecule has 0 radical (unpaired) electrons. The van der Waals surface area contributed by atoms with Crippen molar-refractivity contribution in [3.05, 3.63) is 0 Å². The van der Waals surface area contributed by atoms with Crippen molar-refractivity contribution in [2.45, 2.75) is 12.5 Å². The standard InChI is InChI=1S/C10H21N3/c1-12-4-3-10(8-12)13(2)7-9-5-11-6-9/h9-11H,3-8H2,1-2H3.